The molecule has 8 aromatic rings. The number of nitrogens with one attached hydrogen (secondary N) is 2. The van der Waals surface area contributed by atoms with Crippen LogP contribution in [-0.4, -0.2) is 11.7 Å². The van der Waals surface area contributed by atoms with Crippen LogP contribution in [0.25, 0.3) is 58.6 Å². The van der Waals surface area contributed by atoms with Gasteiger partial charge in [-0.1, -0.05) is 121 Å². The Bertz CT molecular complexity index is 2660. The zero-order chi connectivity index (χ0) is 31.6. The molecule has 4 heterocycles. The molecule has 0 amide bonds. The Labute approximate surface area is 280 Å². The fraction of sp³-hybridized carbons (Fsp3) is 0.0476. The van der Waals surface area contributed by atoms with Gasteiger partial charge in [0, 0.05) is 59.6 Å². The van der Waals surface area contributed by atoms with Gasteiger partial charge in [0.25, 0.3) is 0 Å². The third-order valence-electron chi connectivity index (χ3n) is 9.38. The monoisotopic (exact) mass is 636 g/mol. The Morgan fingerprint density at radius 3 is 2.38 bits per heavy atom. The van der Waals surface area contributed by atoms with Crippen molar-refractivity contribution in [3.05, 3.63) is 162 Å². The van der Waals surface area contributed by atoms with Gasteiger partial charge in [-0.15, -0.1) is 11.3 Å². The minimum atomic E-state index is -0.300. The highest BCUT2D eigenvalue weighted by atomic mass is 32.1. The average Bonchev–Trinajstić information content (AvgIpc) is 3.74. The van der Waals surface area contributed by atoms with Gasteiger partial charge in [-0.05, 0) is 28.5 Å². The number of benzene rings is 6. The third kappa shape index (κ3) is 4.30. The number of amidine groups is 2. The van der Waals surface area contributed by atoms with E-state index in [-0.39, 0.29) is 6.17 Å². The van der Waals surface area contributed by atoms with Crippen LogP contribution in [0.4, 0.5) is 0 Å². The first kappa shape index (κ1) is 27.2. The van der Waals surface area contributed by atoms with Crippen molar-refractivity contribution in [1.82, 2.24) is 10.6 Å². The number of hydrogen-bond donors (Lipinski definition) is 2. The van der Waals surface area contributed by atoms with Crippen molar-refractivity contribution in [3.8, 4) is 11.1 Å². The summed E-state index contributed by atoms with van der Waals surface area (Å²) in [6.07, 6.45) is 1.75. The summed E-state index contributed by atoms with van der Waals surface area (Å²) in [4.78, 5) is 10.4. The number of nitrogens with zero attached hydrogens (tertiary/aromatic N) is 2. The minimum absolute atomic E-state index is 0.300. The lowest BCUT2D eigenvalue weighted by Crippen LogP contribution is -2.34. The molecule has 1 unspecified atom stereocenters. The van der Waals surface area contributed by atoms with E-state index in [1.807, 2.05) is 23.6 Å². The molecule has 0 saturated heterocycles. The van der Waals surface area contributed by atoms with Crippen LogP contribution in [0.3, 0.4) is 0 Å². The number of furan rings is 1. The topological polar surface area (TPSA) is 61.9 Å². The Kier molecular flexibility index (Phi) is 6.11. The lowest BCUT2D eigenvalue weighted by atomic mass is 9.95. The first-order valence-corrected chi connectivity index (χ1v) is 17.0. The normalized spacial score (nSPS) is 15.9. The Morgan fingerprint density at radius 1 is 0.688 bits per heavy atom. The van der Waals surface area contributed by atoms with Crippen LogP contribution in [0.1, 0.15) is 28.6 Å². The van der Waals surface area contributed by atoms with Crippen molar-refractivity contribution in [2.45, 2.75) is 12.7 Å². The number of aliphatic imine (C=N–C) groups is 2. The van der Waals surface area contributed by atoms with E-state index in [1.165, 1.54) is 36.5 Å². The molecule has 2 aliphatic heterocycles. The molecule has 2 aromatic heterocycles. The van der Waals surface area contributed by atoms with Gasteiger partial charge >= 0.3 is 0 Å². The summed E-state index contributed by atoms with van der Waals surface area (Å²) >= 11 is 1.84. The van der Waals surface area contributed by atoms with Crippen molar-refractivity contribution < 1.29 is 4.42 Å². The van der Waals surface area contributed by atoms with Crippen LogP contribution < -0.4 is 10.6 Å². The van der Waals surface area contributed by atoms with E-state index in [2.05, 4.69) is 138 Å². The minimum Gasteiger partial charge on any atom is -0.458 e. The molecule has 0 aliphatic carbocycles. The van der Waals surface area contributed by atoms with E-state index in [0.717, 1.165) is 50.4 Å². The lowest BCUT2D eigenvalue weighted by molar-refractivity contribution is 0.532. The quantitative estimate of drug-likeness (QED) is 0.202. The van der Waals surface area contributed by atoms with Gasteiger partial charge in [-0.2, -0.15) is 0 Å². The molecule has 5 nitrogen and oxygen atoms in total. The molecule has 0 spiro atoms. The standard InChI is InChI=1S/C42H28N4OS/c1-2-11-26(12-3-1)40-44-41(28-21-20-25-10-4-5-13-27(25)22-28)46-42(45-40)34-23-43-24-35-37(34)33-18-8-15-30(38(33)47-35)32-17-9-16-31-29-14-6-7-19-36(29)48-39(31)32/h1-23,40,43H,24H2,(H,44,45,46). The predicted molar refractivity (Wildman–Crippen MR) is 200 cm³/mol. The van der Waals surface area contributed by atoms with Gasteiger partial charge in [0.2, 0.25) is 0 Å². The van der Waals surface area contributed by atoms with Crippen LogP contribution in [0.5, 0.6) is 0 Å². The summed E-state index contributed by atoms with van der Waals surface area (Å²) in [6.45, 7) is 0.592. The molecule has 6 heteroatoms. The maximum atomic E-state index is 6.77. The molecule has 2 aliphatic rings. The van der Waals surface area contributed by atoms with E-state index < -0.39 is 0 Å². The number of rotatable bonds is 4. The maximum Gasteiger partial charge on any atom is 0.161 e. The smallest absolute Gasteiger partial charge is 0.161 e. The molecule has 2 N–H and O–H groups in total. The number of para-hydroxylation sites is 1. The molecular weight excluding hydrogens is 609 g/mol. The summed E-state index contributed by atoms with van der Waals surface area (Å²) < 4.78 is 9.33. The second kappa shape index (κ2) is 10.8. The van der Waals surface area contributed by atoms with Crippen LogP contribution in [0.15, 0.2) is 154 Å². The third-order valence-corrected chi connectivity index (χ3v) is 10.6. The van der Waals surface area contributed by atoms with Crippen molar-refractivity contribution >= 4 is 70.5 Å². The Balaban J connectivity index is 1.14. The van der Waals surface area contributed by atoms with Gasteiger partial charge in [0.05, 0.1) is 6.54 Å². The number of fused-ring (bicyclic) bond motifs is 7. The fourth-order valence-corrected chi connectivity index (χ4v) is 8.34. The second-order valence-corrected chi connectivity index (χ2v) is 13.3. The van der Waals surface area contributed by atoms with E-state index in [9.17, 15) is 0 Å². The molecule has 48 heavy (non-hydrogen) atoms. The van der Waals surface area contributed by atoms with Crippen LogP contribution in [0.2, 0.25) is 0 Å². The maximum absolute atomic E-state index is 6.77. The van der Waals surface area contributed by atoms with Crippen LogP contribution in [0, 0.1) is 0 Å². The van der Waals surface area contributed by atoms with E-state index in [1.54, 1.807) is 0 Å². The molecule has 10 rings (SSSR count). The van der Waals surface area contributed by atoms with E-state index in [4.69, 9.17) is 14.4 Å². The highest BCUT2D eigenvalue weighted by Gasteiger charge is 2.29. The highest BCUT2D eigenvalue weighted by Crippen LogP contribution is 2.44. The van der Waals surface area contributed by atoms with Gasteiger partial charge in [0.15, 0.2) is 5.84 Å². The molecule has 1 atom stereocenters. The van der Waals surface area contributed by atoms with Gasteiger partial charge < -0.3 is 15.1 Å². The van der Waals surface area contributed by atoms with Gasteiger partial charge in [-0.25, -0.2) is 9.98 Å². The molecule has 6 aromatic carbocycles. The first-order valence-electron chi connectivity index (χ1n) is 16.1. The summed E-state index contributed by atoms with van der Waals surface area (Å²) in [5.74, 6) is 2.34. The van der Waals surface area contributed by atoms with Gasteiger partial charge in [0.1, 0.15) is 23.3 Å². The lowest BCUT2D eigenvalue weighted by Gasteiger charge is -2.25. The van der Waals surface area contributed by atoms with Crippen LogP contribution in [-0.2, 0) is 6.54 Å². The average molecular weight is 637 g/mol. The number of thiophene rings is 1. The molecule has 0 radical (unpaired) electrons. The largest absolute Gasteiger partial charge is 0.458 e. The Hall–Kier alpha value is -5.98. The van der Waals surface area contributed by atoms with Gasteiger partial charge in [-0.3, -0.25) is 0 Å². The van der Waals surface area contributed by atoms with Crippen molar-refractivity contribution in [2.75, 3.05) is 0 Å². The second-order valence-electron chi connectivity index (χ2n) is 12.2. The predicted octanol–water partition coefficient (Wildman–Crippen LogP) is 10.2. The molecule has 0 fully saturated rings. The Morgan fingerprint density at radius 2 is 1.46 bits per heavy atom. The van der Waals surface area contributed by atoms with Crippen LogP contribution >= 0.6 is 11.3 Å². The van der Waals surface area contributed by atoms with Crippen molar-refractivity contribution in [3.63, 3.8) is 0 Å². The highest BCUT2D eigenvalue weighted by molar-refractivity contribution is 7.26. The van der Waals surface area contributed by atoms with Crippen molar-refractivity contribution in [2.24, 2.45) is 9.98 Å². The van der Waals surface area contributed by atoms with E-state index in [0.29, 0.717) is 12.4 Å². The SMILES string of the molecule is C1=C(C2=NC(c3ccccc3)NC(c3ccc4ccccc4c3)=N2)c2c(oc3c(-c4cccc5c4sc4ccccc45)cccc23)CN1. The molecule has 0 bridgehead atoms. The van der Waals surface area contributed by atoms with E-state index >= 15 is 0 Å². The molecule has 0 saturated carbocycles. The first-order chi connectivity index (χ1) is 23.8. The fourth-order valence-electron chi connectivity index (χ4n) is 7.11. The zero-order valence-electron chi connectivity index (χ0n) is 25.8. The summed E-state index contributed by atoms with van der Waals surface area (Å²) in [5.41, 5.74) is 7.22. The summed E-state index contributed by atoms with van der Waals surface area (Å²) in [6, 6.07) is 46.9. The van der Waals surface area contributed by atoms with Crippen molar-refractivity contribution in [1.29, 1.82) is 0 Å². The summed E-state index contributed by atoms with van der Waals surface area (Å²) in [5, 5.41) is 13.1. The molecule has 228 valence electrons. The number of hydrogen-bond acceptors (Lipinski definition) is 6. The molecular formula is C42H28N4OS. The summed E-state index contributed by atoms with van der Waals surface area (Å²) in [7, 11) is 0. The zero-order valence-corrected chi connectivity index (χ0v) is 26.6.